The number of aromatic nitrogens is 2. The molecule has 132 valence electrons. The van der Waals surface area contributed by atoms with Gasteiger partial charge in [-0.05, 0) is 32.7 Å². The summed E-state index contributed by atoms with van der Waals surface area (Å²) in [6.07, 6.45) is 11.9. The van der Waals surface area contributed by atoms with Crippen LogP contribution >= 0.6 is 0 Å². The SMILES string of the molecule is CN(CC(=O)N1CCOC[C@H]1CCc1cnccn1)C1CCCC1. The number of hydrogen-bond acceptors (Lipinski definition) is 5. The summed E-state index contributed by atoms with van der Waals surface area (Å²) >= 11 is 0. The number of rotatable bonds is 6. The third kappa shape index (κ3) is 4.51. The van der Waals surface area contributed by atoms with Crippen molar-refractivity contribution in [3.05, 3.63) is 24.3 Å². The Bertz CT molecular complexity index is 519. The van der Waals surface area contributed by atoms with Crippen molar-refractivity contribution in [2.45, 2.75) is 50.6 Å². The van der Waals surface area contributed by atoms with Crippen LogP contribution in [-0.2, 0) is 16.0 Å². The molecule has 6 nitrogen and oxygen atoms in total. The summed E-state index contributed by atoms with van der Waals surface area (Å²) in [5, 5.41) is 0. The molecule has 2 aliphatic rings. The summed E-state index contributed by atoms with van der Waals surface area (Å²) in [6, 6.07) is 0.721. The third-order valence-corrected chi connectivity index (χ3v) is 5.23. The van der Waals surface area contributed by atoms with Crippen LogP contribution in [0.2, 0.25) is 0 Å². The van der Waals surface area contributed by atoms with E-state index >= 15 is 0 Å². The Balaban J connectivity index is 1.53. The Hall–Kier alpha value is -1.53. The van der Waals surface area contributed by atoms with Crippen molar-refractivity contribution in [1.82, 2.24) is 19.8 Å². The van der Waals surface area contributed by atoms with Gasteiger partial charge in [0, 0.05) is 31.2 Å². The highest BCUT2D eigenvalue weighted by Gasteiger charge is 2.29. The number of hydrogen-bond donors (Lipinski definition) is 0. The van der Waals surface area contributed by atoms with Crippen molar-refractivity contribution in [2.24, 2.45) is 0 Å². The maximum Gasteiger partial charge on any atom is 0.237 e. The Labute approximate surface area is 144 Å². The Kier molecular flexibility index (Phi) is 6.15. The topological polar surface area (TPSA) is 58.6 Å². The molecule has 2 heterocycles. The number of aryl methyl sites for hydroxylation is 1. The van der Waals surface area contributed by atoms with Crippen molar-refractivity contribution in [2.75, 3.05) is 33.4 Å². The van der Waals surface area contributed by atoms with E-state index < -0.39 is 0 Å². The molecule has 1 aliphatic heterocycles. The lowest BCUT2D eigenvalue weighted by Crippen LogP contribution is -2.52. The minimum atomic E-state index is 0.144. The fourth-order valence-electron chi connectivity index (χ4n) is 3.77. The van der Waals surface area contributed by atoms with Gasteiger partial charge < -0.3 is 9.64 Å². The number of nitrogens with zero attached hydrogens (tertiary/aromatic N) is 4. The van der Waals surface area contributed by atoms with Gasteiger partial charge in [0.1, 0.15) is 0 Å². The smallest absolute Gasteiger partial charge is 0.237 e. The van der Waals surface area contributed by atoms with Crippen LogP contribution in [0.25, 0.3) is 0 Å². The van der Waals surface area contributed by atoms with Crippen LogP contribution in [0.15, 0.2) is 18.6 Å². The standard InChI is InChI=1S/C18H28N4O2/c1-21(16-4-2-3-5-16)13-18(23)22-10-11-24-14-17(22)7-6-15-12-19-8-9-20-15/h8-9,12,16-17H,2-7,10-11,13-14H2,1H3/t17-/m1/s1. The van der Waals surface area contributed by atoms with Crippen LogP contribution in [0.1, 0.15) is 37.8 Å². The first-order valence-electron chi connectivity index (χ1n) is 9.06. The van der Waals surface area contributed by atoms with Crippen molar-refractivity contribution < 1.29 is 9.53 Å². The van der Waals surface area contributed by atoms with Crippen LogP contribution in [0.3, 0.4) is 0 Å². The van der Waals surface area contributed by atoms with E-state index in [1.54, 1.807) is 18.6 Å². The molecule has 0 bridgehead atoms. The normalized spacial score (nSPS) is 22.2. The fourth-order valence-corrected chi connectivity index (χ4v) is 3.77. The largest absolute Gasteiger partial charge is 0.377 e. The summed E-state index contributed by atoms with van der Waals surface area (Å²) in [4.78, 5) is 25.5. The Morgan fingerprint density at radius 2 is 2.21 bits per heavy atom. The molecule has 0 aromatic carbocycles. The molecule has 1 saturated carbocycles. The molecule has 1 atom stereocenters. The molecule has 0 spiro atoms. The van der Waals surface area contributed by atoms with Gasteiger partial charge in [0.05, 0.1) is 31.5 Å². The lowest BCUT2D eigenvalue weighted by molar-refractivity contribution is -0.141. The zero-order valence-electron chi connectivity index (χ0n) is 14.6. The van der Waals surface area contributed by atoms with Gasteiger partial charge in [0.25, 0.3) is 0 Å². The van der Waals surface area contributed by atoms with Gasteiger partial charge in [-0.15, -0.1) is 0 Å². The first-order chi connectivity index (χ1) is 11.7. The maximum atomic E-state index is 12.8. The van der Waals surface area contributed by atoms with Gasteiger partial charge in [-0.3, -0.25) is 19.7 Å². The first kappa shape index (κ1) is 17.3. The second-order valence-corrected chi connectivity index (χ2v) is 6.90. The number of ether oxygens (including phenoxy) is 1. The molecule has 6 heteroatoms. The predicted molar refractivity (Wildman–Crippen MR) is 91.6 cm³/mol. The van der Waals surface area contributed by atoms with E-state index in [0.717, 1.165) is 18.5 Å². The van der Waals surface area contributed by atoms with E-state index in [4.69, 9.17) is 4.74 Å². The highest BCUT2D eigenvalue weighted by atomic mass is 16.5. The highest BCUT2D eigenvalue weighted by Crippen LogP contribution is 2.22. The van der Waals surface area contributed by atoms with Crippen LogP contribution in [0.4, 0.5) is 0 Å². The van der Waals surface area contributed by atoms with E-state index in [0.29, 0.717) is 32.3 Å². The number of likely N-dealkylation sites (N-methyl/N-ethyl adjacent to an activating group) is 1. The number of morpholine rings is 1. The molecule has 0 radical (unpaired) electrons. The van der Waals surface area contributed by atoms with Crippen LogP contribution in [0, 0.1) is 0 Å². The molecule has 24 heavy (non-hydrogen) atoms. The zero-order valence-corrected chi connectivity index (χ0v) is 14.6. The van der Waals surface area contributed by atoms with Crippen molar-refractivity contribution in [3.8, 4) is 0 Å². The molecule has 1 aromatic rings. The van der Waals surface area contributed by atoms with E-state index in [1.807, 2.05) is 4.90 Å². The average molecular weight is 332 g/mol. The molecule has 0 N–H and O–H groups in total. The quantitative estimate of drug-likeness (QED) is 0.790. The molecule has 1 saturated heterocycles. The second kappa shape index (κ2) is 8.53. The fraction of sp³-hybridized carbons (Fsp3) is 0.722. The maximum absolute atomic E-state index is 12.8. The average Bonchev–Trinajstić information content (AvgIpc) is 3.16. The Morgan fingerprint density at radius 3 is 2.96 bits per heavy atom. The number of carbonyl (C=O) groups is 1. The molecule has 3 rings (SSSR count). The van der Waals surface area contributed by atoms with E-state index in [-0.39, 0.29) is 11.9 Å². The number of carbonyl (C=O) groups excluding carboxylic acids is 1. The Morgan fingerprint density at radius 1 is 1.38 bits per heavy atom. The monoisotopic (exact) mass is 332 g/mol. The zero-order chi connectivity index (χ0) is 16.8. The summed E-state index contributed by atoms with van der Waals surface area (Å²) in [5.74, 6) is 0.233. The van der Waals surface area contributed by atoms with E-state index in [2.05, 4.69) is 21.9 Å². The van der Waals surface area contributed by atoms with Gasteiger partial charge in [-0.1, -0.05) is 12.8 Å². The molecule has 1 aromatic heterocycles. The first-order valence-corrected chi connectivity index (χ1v) is 9.06. The molecule has 1 aliphatic carbocycles. The van der Waals surface area contributed by atoms with Crippen LogP contribution in [0.5, 0.6) is 0 Å². The minimum absolute atomic E-state index is 0.144. The highest BCUT2D eigenvalue weighted by molar-refractivity contribution is 5.78. The summed E-state index contributed by atoms with van der Waals surface area (Å²) in [7, 11) is 2.09. The van der Waals surface area contributed by atoms with Crippen LogP contribution < -0.4 is 0 Å². The van der Waals surface area contributed by atoms with Gasteiger partial charge >= 0.3 is 0 Å². The summed E-state index contributed by atoms with van der Waals surface area (Å²) < 4.78 is 5.61. The third-order valence-electron chi connectivity index (χ3n) is 5.23. The van der Waals surface area contributed by atoms with Gasteiger partial charge in [0.15, 0.2) is 0 Å². The summed E-state index contributed by atoms with van der Waals surface area (Å²) in [5.41, 5.74) is 0.971. The van der Waals surface area contributed by atoms with Gasteiger partial charge in [-0.25, -0.2) is 0 Å². The van der Waals surface area contributed by atoms with Crippen molar-refractivity contribution in [3.63, 3.8) is 0 Å². The lowest BCUT2D eigenvalue weighted by Gasteiger charge is -2.37. The molecule has 1 amide bonds. The van der Waals surface area contributed by atoms with Gasteiger partial charge in [0.2, 0.25) is 5.91 Å². The lowest BCUT2D eigenvalue weighted by atomic mass is 10.1. The second-order valence-electron chi connectivity index (χ2n) is 6.90. The van der Waals surface area contributed by atoms with Gasteiger partial charge in [-0.2, -0.15) is 0 Å². The van der Waals surface area contributed by atoms with Crippen molar-refractivity contribution in [1.29, 1.82) is 0 Å². The molecular weight excluding hydrogens is 304 g/mol. The van der Waals surface area contributed by atoms with E-state index in [9.17, 15) is 4.79 Å². The molecular formula is C18H28N4O2. The van der Waals surface area contributed by atoms with Crippen molar-refractivity contribution >= 4 is 5.91 Å². The molecule has 0 unspecified atom stereocenters. The number of amides is 1. The summed E-state index contributed by atoms with van der Waals surface area (Å²) in [6.45, 7) is 2.48. The van der Waals surface area contributed by atoms with Crippen LogP contribution in [-0.4, -0.2) is 71.1 Å². The minimum Gasteiger partial charge on any atom is -0.377 e. The van der Waals surface area contributed by atoms with E-state index in [1.165, 1.54) is 25.7 Å². The molecule has 2 fully saturated rings. The predicted octanol–water partition coefficient (Wildman–Crippen LogP) is 1.51.